The Morgan fingerprint density at radius 1 is 1.03 bits per heavy atom. The second-order valence-corrected chi connectivity index (χ2v) is 7.56. The van der Waals surface area contributed by atoms with Gasteiger partial charge in [-0.15, -0.1) is 0 Å². The molecule has 8 heteroatoms. The van der Waals surface area contributed by atoms with Gasteiger partial charge in [-0.05, 0) is 55.9 Å². The molecule has 3 aromatic rings. The van der Waals surface area contributed by atoms with Gasteiger partial charge in [0, 0.05) is 29.6 Å². The SMILES string of the molecule is Fc1ccccc1OC[C@H]1CC[C@H](c2ccc(-c3nc(C(F)(F)F)c[nH]3)cn2)CC1. The molecule has 0 radical (unpaired) electrons. The van der Waals surface area contributed by atoms with Crippen molar-refractivity contribution in [1.29, 1.82) is 0 Å². The van der Waals surface area contributed by atoms with Gasteiger partial charge in [-0.2, -0.15) is 13.2 Å². The summed E-state index contributed by atoms with van der Waals surface area (Å²) in [4.78, 5) is 10.6. The van der Waals surface area contributed by atoms with E-state index >= 15 is 0 Å². The molecule has 0 spiro atoms. The van der Waals surface area contributed by atoms with Crippen molar-refractivity contribution in [3.63, 3.8) is 0 Å². The smallest absolute Gasteiger partial charge is 0.434 e. The molecule has 30 heavy (non-hydrogen) atoms. The summed E-state index contributed by atoms with van der Waals surface area (Å²) >= 11 is 0. The van der Waals surface area contributed by atoms with Gasteiger partial charge in [-0.1, -0.05) is 12.1 Å². The minimum atomic E-state index is -4.48. The normalized spacial score (nSPS) is 19.6. The molecule has 0 unspecified atom stereocenters. The summed E-state index contributed by atoms with van der Waals surface area (Å²) in [6.07, 6.45) is 1.73. The number of para-hydroxylation sites is 1. The number of ether oxygens (including phenoxy) is 1. The van der Waals surface area contributed by atoms with Crippen molar-refractivity contribution in [2.45, 2.75) is 37.8 Å². The third-order valence-electron chi connectivity index (χ3n) is 5.50. The maximum atomic E-state index is 13.6. The summed E-state index contributed by atoms with van der Waals surface area (Å²) in [5.41, 5.74) is 0.494. The molecule has 0 aliphatic heterocycles. The van der Waals surface area contributed by atoms with Crippen molar-refractivity contribution >= 4 is 0 Å². The summed E-state index contributed by atoms with van der Waals surface area (Å²) in [5, 5.41) is 0. The number of pyridine rings is 1. The summed E-state index contributed by atoms with van der Waals surface area (Å²) < 4.78 is 57.4. The van der Waals surface area contributed by atoms with E-state index in [-0.39, 0.29) is 17.4 Å². The van der Waals surface area contributed by atoms with Crippen LogP contribution in [0.2, 0.25) is 0 Å². The summed E-state index contributed by atoms with van der Waals surface area (Å²) in [5.74, 6) is 0.739. The monoisotopic (exact) mass is 419 g/mol. The highest BCUT2D eigenvalue weighted by molar-refractivity contribution is 5.54. The van der Waals surface area contributed by atoms with Crippen molar-refractivity contribution in [3.8, 4) is 17.1 Å². The lowest BCUT2D eigenvalue weighted by Gasteiger charge is -2.28. The van der Waals surface area contributed by atoms with E-state index in [0.717, 1.165) is 37.6 Å². The molecule has 158 valence electrons. The number of aromatic amines is 1. The number of aromatic nitrogens is 3. The molecule has 0 bridgehead atoms. The number of nitrogens with zero attached hydrogens (tertiary/aromatic N) is 2. The van der Waals surface area contributed by atoms with Crippen LogP contribution >= 0.6 is 0 Å². The Labute approximate surface area is 171 Å². The zero-order valence-corrected chi connectivity index (χ0v) is 16.1. The number of nitrogens with one attached hydrogen (secondary N) is 1. The van der Waals surface area contributed by atoms with Crippen LogP contribution in [0, 0.1) is 11.7 Å². The molecule has 2 aromatic heterocycles. The highest BCUT2D eigenvalue weighted by Crippen LogP contribution is 2.36. The number of hydrogen-bond acceptors (Lipinski definition) is 3. The predicted molar refractivity (Wildman–Crippen MR) is 103 cm³/mol. The topological polar surface area (TPSA) is 50.8 Å². The molecule has 0 amide bonds. The zero-order valence-electron chi connectivity index (χ0n) is 16.1. The zero-order chi connectivity index (χ0) is 21.1. The standard InChI is InChI=1S/C22H21F4N3O/c23-17-3-1-2-4-19(17)30-13-14-5-7-15(8-6-14)18-10-9-16(11-27-18)21-28-12-20(29-21)22(24,25)26/h1-4,9-12,14-15H,5-8,13H2,(H,28,29)/t14-,15-. The minimum absolute atomic E-state index is 0.148. The van der Waals surface area contributed by atoms with Gasteiger partial charge in [-0.25, -0.2) is 9.37 Å². The lowest BCUT2D eigenvalue weighted by molar-refractivity contribution is -0.140. The van der Waals surface area contributed by atoms with Gasteiger partial charge in [-0.3, -0.25) is 4.98 Å². The summed E-state index contributed by atoms with van der Waals surface area (Å²) in [7, 11) is 0. The van der Waals surface area contributed by atoms with Crippen LogP contribution in [0.3, 0.4) is 0 Å². The molecule has 1 fully saturated rings. The van der Waals surface area contributed by atoms with Crippen molar-refractivity contribution in [2.24, 2.45) is 5.92 Å². The van der Waals surface area contributed by atoms with Gasteiger partial charge in [0.25, 0.3) is 0 Å². The van der Waals surface area contributed by atoms with E-state index in [4.69, 9.17) is 4.74 Å². The van der Waals surface area contributed by atoms with E-state index in [1.165, 1.54) is 6.07 Å². The Kier molecular flexibility index (Phi) is 5.74. The fourth-order valence-corrected chi connectivity index (χ4v) is 3.80. The Morgan fingerprint density at radius 2 is 1.80 bits per heavy atom. The second-order valence-electron chi connectivity index (χ2n) is 7.56. The van der Waals surface area contributed by atoms with Gasteiger partial charge in [0.1, 0.15) is 5.82 Å². The van der Waals surface area contributed by atoms with E-state index in [2.05, 4.69) is 15.0 Å². The fraction of sp³-hybridized carbons (Fsp3) is 0.364. The lowest BCUT2D eigenvalue weighted by atomic mass is 9.80. The Hall–Kier alpha value is -2.90. The van der Waals surface area contributed by atoms with Crippen LogP contribution in [0.1, 0.15) is 43.0 Å². The number of imidazole rings is 1. The van der Waals surface area contributed by atoms with Crippen LogP contribution in [0.4, 0.5) is 17.6 Å². The van der Waals surface area contributed by atoms with Gasteiger partial charge in [0.15, 0.2) is 17.3 Å². The van der Waals surface area contributed by atoms with Crippen LogP contribution in [-0.2, 0) is 6.18 Å². The summed E-state index contributed by atoms with van der Waals surface area (Å²) in [6, 6.07) is 9.99. The van der Waals surface area contributed by atoms with Crippen molar-refractivity contribution < 1.29 is 22.3 Å². The van der Waals surface area contributed by atoms with Gasteiger partial charge < -0.3 is 9.72 Å². The molecule has 1 aliphatic carbocycles. The number of alkyl halides is 3. The van der Waals surface area contributed by atoms with Crippen molar-refractivity contribution in [3.05, 3.63) is 66.0 Å². The average molecular weight is 419 g/mol. The minimum Gasteiger partial charge on any atom is -0.490 e. The number of halogens is 4. The molecule has 0 saturated heterocycles. The van der Waals surface area contributed by atoms with Crippen LogP contribution in [0.5, 0.6) is 5.75 Å². The molecular weight excluding hydrogens is 398 g/mol. The molecule has 1 aromatic carbocycles. The first kappa shape index (κ1) is 20.4. The van der Waals surface area contributed by atoms with E-state index in [9.17, 15) is 17.6 Å². The molecule has 1 saturated carbocycles. The maximum Gasteiger partial charge on any atom is 0.434 e. The molecule has 1 aliphatic rings. The lowest BCUT2D eigenvalue weighted by Crippen LogP contribution is -2.20. The van der Waals surface area contributed by atoms with Crippen LogP contribution < -0.4 is 4.74 Å². The van der Waals surface area contributed by atoms with Crippen LogP contribution in [0.15, 0.2) is 48.8 Å². The summed E-state index contributed by atoms with van der Waals surface area (Å²) in [6.45, 7) is 0.486. The molecule has 1 N–H and O–H groups in total. The third-order valence-corrected chi connectivity index (χ3v) is 5.50. The van der Waals surface area contributed by atoms with E-state index in [0.29, 0.717) is 24.0 Å². The Morgan fingerprint density at radius 3 is 2.43 bits per heavy atom. The predicted octanol–water partition coefficient (Wildman–Crippen LogP) is 5.98. The second kappa shape index (κ2) is 8.45. The number of benzene rings is 1. The quantitative estimate of drug-likeness (QED) is 0.518. The van der Waals surface area contributed by atoms with Gasteiger partial charge >= 0.3 is 6.18 Å². The van der Waals surface area contributed by atoms with Crippen molar-refractivity contribution in [2.75, 3.05) is 6.61 Å². The molecule has 0 atom stereocenters. The third kappa shape index (κ3) is 4.63. The molecule has 4 nitrogen and oxygen atoms in total. The highest BCUT2D eigenvalue weighted by atomic mass is 19.4. The first-order valence-corrected chi connectivity index (χ1v) is 9.86. The Bertz CT molecular complexity index is 977. The van der Waals surface area contributed by atoms with Gasteiger partial charge in [0.2, 0.25) is 0 Å². The molecular formula is C22H21F4N3O. The average Bonchev–Trinajstić information content (AvgIpc) is 3.25. The maximum absolute atomic E-state index is 13.6. The first-order chi connectivity index (χ1) is 14.4. The van der Waals surface area contributed by atoms with E-state index < -0.39 is 11.9 Å². The van der Waals surface area contributed by atoms with Crippen LogP contribution in [-0.4, -0.2) is 21.6 Å². The number of hydrogen-bond donors (Lipinski definition) is 1. The molecule has 4 rings (SSSR count). The van der Waals surface area contributed by atoms with E-state index in [1.807, 2.05) is 6.07 Å². The highest BCUT2D eigenvalue weighted by Gasteiger charge is 2.33. The Balaban J connectivity index is 1.32. The van der Waals surface area contributed by atoms with Crippen LogP contribution in [0.25, 0.3) is 11.4 Å². The molecule has 2 heterocycles. The van der Waals surface area contributed by atoms with E-state index in [1.54, 1.807) is 30.5 Å². The fourth-order valence-electron chi connectivity index (χ4n) is 3.80. The number of H-pyrrole nitrogens is 1. The first-order valence-electron chi connectivity index (χ1n) is 9.86. The van der Waals surface area contributed by atoms with Gasteiger partial charge in [0.05, 0.1) is 6.61 Å². The largest absolute Gasteiger partial charge is 0.490 e. The number of rotatable bonds is 5. The van der Waals surface area contributed by atoms with Crippen molar-refractivity contribution in [1.82, 2.24) is 15.0 Å².